The van der Waals surface area contributed by atoms with E-state index in [2.05, 4.69) is 29.5 Å². The number of nitrogens with one attached hydrogen (secondary N) is 2. The van der Waals surface area contributed by atoms with Gasteiger partial charge in [0.25, 0.3) is 5.91 Å². The molecule has 0 aliphatic carbocycles. The lowest BCUT2D eigenvalue weighted by molar-refractivity contribution is 0.0958. The first-order valence-electron chi connectivity index (χ1n) is 5.12. The molecular formula is C11H17N3O. The van der Waals surface area contributed by atoms with Gasteiger partial charge in [-0.15, -0.1) is 0 Å². The molecule has 82 valence electrons. The Morgan fingerprint density at radius 2 is 2.33 bits per heavy atom. The number of hydrogen-bond acceptors (Lipinski definition) is 3. The van der Waals surface area contributed by atoms with E-state index in [-0.39, 0.29) is 5.91 Å². The fourth-order valence-corrected chi connectivity index (χ4v) is 1.16. The Morgan fingerprint density at radius 3 is 2.93 bits per heavy atom. The van der Waals surface area contributed by atoms with Gasteiger partial charge in [-0.3, -0.25) is 9.78 Å². The van der Waals surface area contributed by atoms with Crippen LogP contribution in [0.2, 0.25) is 0 Å². The molecule has 2 N–H and O–H groups in total. The van der Waals surface area contributed by atoms with E-state index in [0.29, 0.717) is 11.7 Å². The summed E-state index contributed by atoms with van der Waals surface area (Å²) in [6, 6.07) is 4.01. The number of anilines is 1. The highest BCUT2D eigenvalue weighted by atomic mass is 16.1. The van der Waals surface area contributed by atoms with Gasteiger partial charge in [0.05, 0.1) is 0 Å². The molecule has 1 unspecified atom stereocenters. The number of carbonyl (C=O) groups excluding carboxylic acids is 1. The van der Waals surface area contributed by atoms with Gasteiger partial charge in [0.2, 0.25) is 0 Å². The van der Waals surface area contributed by atoms with Gasteiger partial charge in [-0.25, -0.2) is 0 Å². The minimum atomic E-state index is -0.164. The Bertz CT molecular complexity index is 338. The van der Waals surface area contributed by atoms with Crippen molar-refractivity contribution in [1.29, 1.82) is 0 Å². The van der Waals surface area contributed by atoms with E-state index in [0.717, 1.165) is 12.1 Å². The van der Waals surface area contributed by atoms with Crippen LogP contribution in [0.5, 0.6) is 0 Å². The molecule has 0 fully saturated rings. The average molecular weight is 207 g/mol. The van der Waals surface area contributed by atoms with Crippen molar-refractivity contribution in [1.82, 2.24) is 10.3 Å². The topological polar surface area (TPSA) is 54.0 Å². The van der Waals surface area contributed by atoms with Crippen molar-refractivity contribution >= 4 is 11.6 Å². The Morgan fingerprint density at radius 1 is 1.60 bits per heavy atom. The van der Waals surface area contributed by atoms with Crippen LogP contribution in [0.15, 0.2) is 18.3 Å². The number of amides is 1. The van der Waals surface area contributed by atoms with Crippen LogP contribution in [-0.2, 0) is 0 Å². The minimum absolute atomic E-state index is 0.164. The molecule has 1 rings (SSSR count). The lowest BCUT2D eigenvalue weighted by Crippen LogP contribution is -2.20. The summed E-state index contributed by atoms with van der Waals surface area (Å²) in [5, 5.41) is 5.84. The predicted molar refractivity (Wildman–Crippen MR) is 61.0 cm³/mol. The summed E-state index contributed by atoms with van der Waals surface area (Å²) >= 11 is 0. The molecule has 4 nitrogen and oxygen atoms in total. The largest absolute Gasteiger partial charge is 0.382 e. The first-order valence-corrected chi connectivity index (χ1v) is 5.12. The number of rotatable bonds is 4. The molecule has 4 heteroatoms. The first-order chi connectivity index (χ1) is 7.17. The third-order valence-corrected chi connectivity index (χ3v) is 2.25. The second-order valence-electron chi connectivity index (χ2n) is 3.46. The maximum Gasteiger partial charge on any atom is 0.269 e. The van der Waals surface area contributed by atoms with Crippen LogP contribution >= 0.6 is 0 Å². The average Bonchev–Trinajstić information content (AvgIpc) is 2.28. The van der Waals surface area contributed by atoms with Crippen LogP contribution < -0.4 is 10.6 Å². The van der Waals surface area contributed by atoms with E-state index in [9.17, 15) is 4.79 Å². The maximum atomic E-state index is 11.3. The molecule has 1 aromatic rings. The number of nitrogens with zero attached hydrogens (tertiary/aromatic N) is 1. The maximum absolute atomic E-state index is 11.3. The third kappa shape index (κ3) is 3.23. The molecule has 0 spiro atoms. The molecule has 1 atom stereocenters. The first kappa shape index (κ1) is 11.5. The van der Waals surface area contributed by atoms with Gasteiger partial charge in [-0.1, -0.05) is 6.92 Å². The van der Waals surface area contributed by atoms with Crippen LogP contribution in [0.3, 0.4) is 0 Å². The van der Waals surface area contributed by atoms with Crippen LogP contribution in [0.1, 0.15) is 30.8 Å². The van der Waals surface area contributed by atoms with Crippen molar-refractivity contribution in [2.75, 3.05) is 12.4 Å². The van der Waals surface area contributed by atoms with Crippen molar-refractivity contribution in [3.63, 3.8) is 0 Å². The summed E-state index contributed by atoms with van der Waals surface area (Å²) in [7, 11) is 1.60. The Balaban J connectivity index is 2.78. The summed E-state index contributed by atoms with van der Waals surface area (Å²) in [6.07, 6.45) is 2.67. The van der Waals surface area contributed by atoms with Gasteiger partial charge >= 0.3 is 0 Å². The van der Waals surface area contributed by atoms with Gasteiger partial charge < -0.3 is 10.6 Å². The summed E-state index contributed by atoms with van der Waals surface area (Å²) < 4.78 is 0. The molecule has 0 aliphatic rings. The zero-order valence-electron chi connectivity index (χ0n) is 9.37. The summed E-state index contributed by atoms with van der Waals surface area (Å²) in [6.45, 7) is 4.21. The van der Waals surface area contributed by atoms with Crippen molar-refractivity contribution < 1.29 is 4.79 Å². The lowest BCUT2D eigenvalue weighted by Gasteiger charge is -2.13. The monoisotopic (exact) mass is 207 g/mol. The van der Waals surface area contributed by atoms with Crippen LogP contribution in [0.25, 0.3) is 0 Å². The second kappa shape index (κ2) is 5.34. The van der Waals surface area contributed by atoms with Crippen LogP contribution in [0, 0.1) is 0 Å². The Labute approximate surface area is 90.1 Å². The molecule has 0 radical (unpaired) electrons. The van der Waals surface area contributed by atoms with E-state index in [4.69, 9.17) is 0 Å². The highest BCUT2D eigenvalue weighted by Gasteiger charge is 2.06. The molecule has 1 amide bonds. The van der Waals surface area contributed by atoms with Gasteiger partial charge in [-0.2, -0.15) is 0 Å². The van der Waals surface area contributed by atoms with Crippen molar-refractivity contribution in [2.45, 2.75) is 26.3 Å². The Hall–Kier alpha value is -1.58. The molecule has 0 aliphatic heterocycles. The van der Waals surface area contributed by atoms with E-state index in [1.54, 1.807) is 19.3 Å². The van der Waals surface area contributed by atoms with E-state index >= 15 is 0 Å². The van der Waals surface area contributed by atoms with Crippen molar-refractivity contribution in [2.24, 2.45) is 0 Å². The summed E-state index contributed by atoms with van der Waals surface area (Å²) in [5.41, 5.74) is 1.36. The Kier molecular flexibility index (Phi) is 4.09. The predicted octanol–water partition coefficient (Wildman–Crippen LogP) is 1.65. The standard InChI is InChI=1S/C11H17N3O/c1-4-8(2)14-9-5-6-13-10(7-9)11(15)12-3/h5-8H,4H2,1-3H3,(H,12,15)(H,13,14). The van der Waals surface area contributed by atoms with Crippen LogP contribution in [-0.4, -0.2) is 24.0 Å². The van der Waals surface area contributed by atoms with Crippen molar-refractivity contribution in [3.8, 4) is 0 Å². The molecule has 15 heavy (non-hydrogen) atoms. The zero-order valence-corrected chi connectivity index (χ0v) is 9.37. The molecule has 0 bridgehead atoms. The number of hydrogen-bond donors (Lipinski definition) is 2. The summed E-state index contributed by atoms with van der Waals surface area (Å²) in [4.78, 5) is 15.3. The molecule has 0 aromatic carbocycles. The highest BCUT2D eigenvalue weighted by molar-refractivity contribution is 5.92. The second-order valence-corrected chi connectivity index (χ2v) is 3.46. The molecular weight excluding hydrogens is 190 g/mol. The lowest BCUT2D eigenvalue weighted by atomic mass is 10.2. The third-order valence-electron chi connectivity index (χ3n) is 2.25. The van der Waals surface area contributed by atoms with Gasteiger partial charge in [0, 0.05) is 25.0 Å². The zero-order chi connectivity index (χ0) is 11.3. The van der Waals surface area contributed by atoms with E-state index < -0.39 is 0 Å². The van der Waals surface area contributed by atoms with Gasteiger partial charge in [0.15, 0.2) is 0 Å². The van der Waals surface area contributed by atoms with Gasteiger partial charge in [-0.05, 0) is 25.5 Å². The normalized spacial score (nSPS) is 11.9. The van der Waals surface area contributed by atoms with Gasteiger partial charge in [0.1, 0.15) is 5.69 Å². The smallest absolute Gasteiger partial charge is 0.269 e. The fourth-order valence-electron chi connectivity index (χ4n) is 1.16. The van der Waals surface area contributed by atoms with E-state index in [1.807, 2.05) is 6.07 Å². The molecule has 1 heterocycles. The number of carbonyl (C=O) groups is 1. The summed E-state index contributed by atoms with van der Waals surface area (Å²) in [5.74, 6) is -0.164. The van der Waals surface area contributed by atoms with Crippen molar-refractivity contribution in [3.05, 3.63) is 24.0 Å². The molecule has 0 saturated heterocycles. The fraction of sp³-hybridized carbons (Fsp3) is 0.455. The highest BCUT2D eigenvalue weighted by Crippen LogP contribution is 2.10. The van der Waals surface area contributed by atoms with E-state index in [1.165, 1.54) is 0 Å². The number of pyridine rings is 1. The molecule has 1 aromatic heterocycles. The molecule has 0 saturated carbocycles. The SMILES string of the molecule is CCC(C)Nc1ccnc(C(=O)NC)c1. The quantitative estimate of drug-likeness (QED) is 0.789. The number of aromatic nitrogens is 1. The minimum Gasteiger partial charge on any atom is -0.382 e. The van der Waals surface area contributed by atoms with Crippen LogP contribution in [0.4, 0.5) is 5.69 Å².